The smallest absolute Gasteiger partial charge is 0.261 e. The van der Waals surface area contributed by atoms with Crippen LogP contribution in [0.5, 0.6) is 0 Å². The van der Waals surface area contributed by atoms with Crippen molar-refractivity contribution in [1.29, 1.82) is 0 Å². The summed E-state index contributed by atoms with van der Waals surface area (Å²) in [4.78, 5) is 13.0. The molecule has 1 heterocycles. The molecule has 2 bridgehead atoms. The standard InChI is InChI=1S/C14H17Br2NOS/c1-7(10-5-8-2-3-9(10)4-8)17-14(18)12-6-11(15)13(16)19-12/h6-10H,2-5H2,1H3,(H,17,18). The van der Waals surface area contributed by atoms with Crippen LogP contribution in [0.25, 0.3) is 0 Å². The molecule has 0 aromatic carbocycles. The lowest BCUT2D eigenvalue weighted by molar-refractivity contribution is 0.0919. The van der Waals surface area contributed by atoms with Gasteiger partial charge in [0.05, 0.1) is 8.66 Å². The number of carbonyl (C=O) groups is 1. The minimum atomic E-state index is 0.0617. The highest BCUT2D eigenvalue weighted by atomic mass is 79.9. The maximum atomic E-state index is 12.2. The molecular weight excluding hydrogens is 390 g/mol. The number of fused-ring (bicyclic) bond motifs is 2. The predicted molar refractivity (Wildman–Crippen MR) is 85.6 cm³/mol. The third kappa shape index (κ3) is 2.79. The second-order valence-corrected chi connectivity index (χ2v) is 9.06. The van der Waals surface area contributed by atoms with Crippen molar-refractivity contribution in [3.63, 3.8) is 0 Å². The second kappa shape index (κ2) is 5.49. The minimum absolute atomic E-state index is 0.0617. The number of thiophene rings is 1. The van der Waals surface area contributed by atoms with Crippen molar-refractivity contribution < 1.29 is 4.79 Å². The molecule has 1 N–H and O–H groups in total. The van der Waals surface area contributed by atoms with Gasteiger partial charge in [-0.15, -0.1) is 11.3 Å². The SMILES string of the molecule is CC(NC(=O)c1cc(Br)c(Br)s1)C1CC2CCC1C2. The van der Waals surface area contributed by atoms with Gasteiger partial charge in [-0.25, -0.2) is 0 Å². The molecule has 2 aliphatic rings. The van der Waals surface area contributed by atoms with E-state index in [0.29, 0.717) is 12.0 Å². The van der Waals surface area contributed by atoms with Crippen LogP contribution in [0.15, 0.2) is 14.3 Å². The number of rotatable bonds is 3. The number of halogens is 2. The average molecular weight is 407 g/mol. The topological polar surface area (TPSA) is 29.1 Å². The third-order valence-electron chi connectivity index (χ3n) is 4.66. The molecule has 1 aromatic heterocycles. The van der Waals surface area contributed by atoms with E-state index >= 15 is 0 Å². The van der Waals surface area contributed by atoms with Gasteiger partial charge in [0.2, 0.25) is 0 Å². The van der Waals surface area contributed by atoms with Crippen LogP contribution in [0.1, 0.15) is 42.3 Å². The molecular formula is C14H17Br2NOS. The fourth-order valence-corrected chi connectivity index (χ4v) is 5.69. The van der Waals surface area contributed by atoms with Crippen molar-refractivity contribution in [2.24, 2.45) is 17.8 Å². The van der Waals surface area contributed by atoms with E-state index in [1.54, 1.807) is 0 Å². The van der Waals surface area contributed by atoms with E-state index in [-0.39, 0.29) is 5.91 Å². The largest absolute Gasteiger partial charge is 0.349 e. The van der Waals surface area contributed by atoms with Gasteiger partial charge in [-0.1, -0.05) is 6.42 Å². The third-order valence-corrected chi connectivity index (χ3v) is 7.92. The Balaban J connectivity index is 1.63. The fourth-order valence-electron chi connectivity index (χ4n) is 3.75. The molecule has 0 aliphatic heterocycles. The molecule has 4 atom stereocenters. The Kier molecular flexibility index (Phi) is 4.07. The highest BCUT2D eigenvalue weighted by molar-refractivity contribution is 9.13. The van der Waals surface area contributed by atoms with Gasteiger partial charge in [0.25, 0.3) is 5.91 Å². The zero-order valence-electron chi connectivity index (χ0n) is 10.8. The molecule has 0 radical (unpaired) electrons. The summed E-state index contributed by atoms with van der Waals surface area (Å²) in [7, 11) is 0. The van der Waals surface area contributed by atoms with Crippen LogP contribution in [-0.4, -0.2) is 11.9 Å². The van der Waals surface area contributed by atoms with Crippen LogP contribution in [0.4, 0.5) is 0 Å². The van der Waals surface area contributed by atoms with E-state index in [0.717, 1.165) is 25.0 Å². The van der Waals surface area contributed by atoms with Gasteiger partial charge in [-0.3, -0.25) is 4.79 Å². The summed E-state index contributed by atoms with van der Waals surface area (Å²) >= 11 is 8.34. The number of carbonyl (C=O) groups excluding carboxylic acids is 1. The molecule has 19 heavy (non-hydrogen) atoms. The normalized spacial score (nSPS) is 30.6. The fraction of sp³-hybridized carbons (Fsp3) is 0.643. The van der Waals surface area contributed by atoms with Crippen LogP contribution in [-0.2, 0) is 0 Å². The van der Waals surface area contributed by atoms with Crippen molar-refractivity contribution >= 4 is 49.1 Å². The number of hydrogen-bond acceptors (Lipinski definition) is 2. The minimum Gasteiger partial charge on any atom is -0.349 e. The van der Waals surface area contributed by atoms with Crippen LogP contribution < -0.4 is 5.32 Å². The molecule has 2 fully saturated rings. The lowest BCUT2D eigenvalue weighted by Gasteiger charge is -2.28. The van der Waals surface area contributed by atoms with Crippen LogP contribution in [0.2, 0.25) is 0 Å². The quantitative estimate of drug-likeness (QED) is 0.765. The van der Waals surface area contributed by atoms with E-state index in [1.807, 2.05) is 6.07 Å². The Morgan fingerprint density at radius 2 is 2.21 bits per heavy atom. The molecule has 5 heteroatoms. The number of nitrogens with one attached hydrogen (secondary N) is 1. The Hall–Kier alpha value is 0.130. The Labute approximate surface area is 134 Å². The first-order valence-electron chi connectivity index (χ1n) is 6.80. The van der Waals surface area contributed by atoms with Crippen molar-refractivity contribution in [2.75, 3.05) is 0 Å². The van der Waals surface area contributed by atoms with E-state index < -0.39 is 0 Å². The van der Waals surface area contributed by atoms with Gasteiger partial charge in [0, 0.05) is 10.5 Å². The van der Waals surface area contributed by atoms with E-state index in [2.05, 4.69) is 44.1 Å². The molecule has 104 valence electrons. The van der Waals surface area contributed by atoms with Crippen molar-refractivity contribution in [2.45, 2.75) is 38.6 Å². The van der Waals surface area contributed by atoms with E-state index in [4.69, 9.17) is 0 Å². The summed E-state index contributed by atoms with van der Waals surface area (Å²) in [6, 6.07) is 2.18. The summed E-state index contributed by atoms with van der Waals surface area (Å²) in [5, 5.41) is 3.19. The van der Waals surface area contributed by atoms with Gasteiger partial charge >= 0.3 is 0 Å². The summed E-state index contributed by atoms with van der Waals surface area (Å²) in [5.74, 6) is 2.53. The molecule has 0 spiro atoms. The predicted octanol–water partition coefficient (Wildman–Crippen LogP) is 4.83. The lowest BCUT2D eigenvalue weighted by Crippen LogP contribution is -2.39. The Morgan fingerprint density at radius 3 is 2.74 bits per heavy atom. The van der Waals surface area contributed by atoms with Crippen LogP contribution >= 0.6 is 43.2 Å². The number of amides is 1. The van der Waals surface area contributed by atoms with Gasteiger partial charge < -0.3 is 5.32 Å². The summed E-state index contributed by atoms with van der Waals surface area (Å²) in [5.41, 5.74) is 0. The van der Waals surface area contributed by atoms with Gasteiger partial charge in [0.1, 0.15) is 0 Å². The van der Waals surface area contributed by atoms with Gasteiger partial charge in [-0.2, -0.15) is 0 Å². The van der Waals surface area contributed by atoms with E-state index in [1.165, 1.54) is 37.0 Å². The molecule has 2 nitrogen and oxygen atoms in total. The first kappa shape index (κ1) is 14.1. The zero-order valence-corrected chi connectivity index (χ0v) is 14.8. The van der Waals surface area contributed by atoms with Crippen molar-refractivity contribution in [1.82, 2.24) is 5.32 Å². The lowest BCUT2D eigenvalue weighted by atomic mass is 9.84. The van der Waals surface area contributed by atoms with Gasteiger partial charge in [-0.05, 0) is 81.9 Å². The molecule has 0 saturated heterocycles. The van der Waals surface area contributed by atoms with E-state index in [9.17, 15) is 4.79 Å². The van der Waals surface area contributed by atoms with Gasteiger partial charge in [0.15, 0.2) is 0 Å². The maximum Gasteiger partial charge on any atom is 0.261 e. The maximum absolute atomic E-state index is 12.2. The van der Waals surface area contributed by atoms with Crippen LogP contribution in [0.3, 0.4) is 0 Å². The van der Waals surface area contributed by atoms with Crippen molar-refractivity contribution in [3.8, 4) is 0 Å². The second-order valence-electron chi connectivity index (χ2n) is 5.83. The Morgan fingerprint density at radius 1 is 1.42 bits per heavy atom. The highest BCUT2D eigenvalue weighted by Crippen LogP contribution is 2.49. The highest BCUT2D eigenvalue weighted by Gasteiger charge is 2.42. The molecule has 1 aromatic rings. The molecule has 3 rings (SSSR count). The average Bonchev–Trinajstić information content (AvgIpc) is 3.06. The molecule has 1 amide bonds. The Bertz CT molecular complexity index is 482. The summed E-state index contributed by atoms with van der Waals surface area (Å²) < 4.78 is 1.93. The molecule has 4 unspecified atom stereocenters. The van der Waals surface area contributed by atoms with Crippen LogP contribution in [0, 0.1) is 17.8 Å². The first-order valence-corrected chi connectivity index (χ1v) is 9.20. The van der Waals surface area contributed by atoms with Crippen molar-refractivity contribution in [3.05, 3.63) is 19.2 Å². The summed E-state index contributed by atoms with van der Waals surface area (Å²) in [6.45, 7) is 2.17. The molecule has 2 saturated carbocycles. The first-order chi connectivity index (χ1) is 9.04. The zero-order chi connectivity index (χ0) is 13.6. The molecule has 2 aliphatic carbocycles. The number of hydrogen-bond donors (Lipinski definition) is 1. The summed E-state index contributed by atoms with van der Waals surface area (Å²) in [6.07, 6.45) is 5.48. The monoisotopic (exact) mass is 405 g/mol.